The van der Waals surface area contributed by atoms with Gasteiger partial charge >= 0.3 is 0 Å². The summed E-state index contributed by atoms with van der Waals surface area (Å²) in [5.41, 5.74) is 8.21. The molecule has 0 aromatic carbocycles. The van der Waals surface area contributed by atoms with E-state index in [4.69, 9.17) is 5.73 Å². The maximum Gasteiger partial charge on any atom is 0.250 e. The molecule has 0 saturated carbocycles. The Balaban J connectivity index is 2.82. The number of carbonyl (C=O) groups is 1. The molecular formula is C11H11N3O. The number of pyridine rings is 2. The number of amides is 1. The molecule has 0 aliphatic heterocycles. The van der Waals surface area contributed by atoms with Crippen LogP contribution in [0.4, 0.5) is 0 Å². The summed E-state index contributed by atoms with van der Waals surface area (Å²) in [6, 6.07) is 1.74. The van der Waals surface area contributed by atoms with E-state index in [9.17, 15) is 4.79 Å². The first-order valence-corrected chi connectivity index (χ1v) is 4.61. The largest absolute Gasteiger partial charge is 0.366 e. The number of carbonyl (C=O) groups excluding carboxylic acids is 1. The summed E-state index contributed by atoms with van der Waals surface area (Å²) in [7, 11) is 0. The van der Waals surface area contributed by atoms with Gasteiger partial charge in [0, 0.05) is 17.8 Å². The highest BCUT2D eigenvalue weighted by atomic mass is 16.1. The lowest BCUT2D eigenvalue weighted by Gasteiger charge is -2.05. The maximum atomic E-state index is 11.1. The number of nitrogens with two attached hydrogens (primary N) is 1. The summed E-state index contributed by atoms with van der Waals surface area (Å²) in [5.74, 6) is -0.455. The molecule has 0 atom stereocenters. The van der Waals surface area contributed by atoms with E-state index >= 15 is 0 Å². The third-order valence-corrected chi connectivity index (χ3v) is 2.36. The normalized spacial score (nSPS) is 10.5. The molecule has 2 heterocycles. The molecule has 0 radical (unpaired) electrons. The molecule has 0 fully saturated rings. The standard InChI is InChI=1S/C11H11N3O/c1-6-4-13-5-8-3-9(11(12)15)7(2)14-10(6)8/h3-5H,1-2H3,(H2,12,15). The smallest absolute Gasteiger partial charge is 0.250 e. The molecule has 2 N–H and O–H groups in total. The van der Waals surface area contributed by atoms with E-state index in [1.165, 1.54) is 0 Å². The lowest BCUT2D eigenvalue weighted by molar-refractivity contribution is 0.0999. The highest BCUT2D eigenvalue weighted by Crippen LogP contribution is 2.17. The number of hydrogen-bond acceptors (Lipinski definition) is 3. The second-order valence-corrected chi connectivity index (χ2v) is 3.51. The predicted molar refractivity (Wildman–Crippen MR) is 57.5 cm³/mol. The molecule has 0 aliphatic rings. The fourth-order valence-corrected chi connectivity index (χ4v) is 1.57. The minimum absolute atomic E-state index is 0.454. The molecule has 0 aliphatic carbocycles. The van der Waals surface area contributed by atoms with Gasteiger partial charge in [-0.25, -0.2) is 0 Å². The van der Waals surface area contributed by atoms with E-state index in [1.807, 2.05) is 6.92 Å². The zero-order valence-corrected chi connectivity index (χ0v) is 8.61. The number of aryl methyl sites for hydroxylation is 2. The number of hydrogen-bond donors (Lipinski definition) is 1. The number of nitrogens with zero attached hydrogens (tertiary/aromatic N) is 2. The van der Waals surface area contributed by atoms with Gasteiger partial charge in [0.1, 0.15) is 0 Å². The van der Waals surface area contributed by atoms with Crippen LogP contribution in [0.25, 0.3) is 10.9 Å². The summed E-state index contributed by atoms with van der Waals surface area (Å²) in [5, 5.41) is 0.842. The average Bonchev–Trinajstić information content (AvgIpc) is 2.18. The van der Waals surface area contributed by atoms with Crippen molar-refractivity contribution in [3.8, 4) is 0 Å². The molecule has 76 valence electrons. The number of fused-ring (bicyclic) bond motifs is 1. The van der Waals surface area contributed by atoms with Gasteiger partial charge in [-0.05, 0) is 25.5 Å². The zero-order chi connectivity index (χ0) is 11.0. The second-order valence-electron chi connectivity index (χ2n) is 3.51. The van der Waals surface area contributed by atoms with Crippen LogP contribution in [0.5, 0.6) is 0 Å². The second kappa shape index (κ2) is 3.31. The molecule has 0 bridgehead atoms. The zero-order valence-electron chi connectivity index (χ0n) is 8.61. The molecule has 2 rings (SSSR count). The molecule has 0 saturated heterocycles. The Labute approximate surface area is 87.1 Å². The maximum absolute atomic E-state index is 11.1. The molecule has 1 amide bonds. The molecule has 4 nitrogen and oxygen atoms in total. The molecule has 0 spiro atoms. The van der Waals surface area contributed by atoms with Crippen molar-refractivity contribution in [3.05, 3.63) is 35.3 Å². The van der Waals surface area contributed by atoms with Gasteiger partial charge in [-0.15, -0.1) is 0 Å². The quantitative estimate of drug-likeness (QED) is 0.757. The number of aromatic nitrogens is 2. The Kier molecular flexibility index (Phi) is 2.11. The van der Waals surface area contributed by atoms with Crippen molar-refractivity contribution in [2.24, 2.45) is 5.73 Å². The van der Waals surface area contributed by atoms with Crippen molar-refractivity contribution >= 4 is 16.8 Å². The van der Waals surface area contributed by atoms with Gasteiger partial charge in [0.25, 0.3) is 5.91 Å². The van der Waals surface area contributed by atoms with E-state index in [2.05, 4.69) is 9.97 Å². The lowest BCUT2D eigenvalue weighted by Crippen LogP contribution is -2.13. The third-order valence-electron chi connectivity index (χ3n) is 2.36. The first-order chi connectivity index (χ1) is 7.09. The molecule has 0 unspecified atom stereocenters. The highest BCUT2D eigenvalue weighted by molar-refractivity contribution is 5.97. The molecule has 4 heteroatoms. The lowest BCUT2D eigenvalue weighted by atomic mass is 10.1. The average molecular weight is 201 g/mol. The summed E-state index contributed by atoms with van der Waals surface area (Å²) >= 11 is 0. The SMILES string of the molecule is Cc1nc2c(C)cncc2cc1C(N)=O. The van der Waals surface area contributed by atoms with Gasteiger partial charge in [-0.1, -0.05) is 0 Å². The summed E-state index contributed by atoms with van der Waals surface area (Å²) < 4.78 is 0. The van der Waals surface area contributed by atoms with Crippen molar-refractivity contribution in [3.63, 3.8) is 0 Å². The Hall–Kier alpha value is -1.97. The van der Waals surface area contributed by atoms with Crippen molar-refractivity contribution in [1.29, 1.82) is 0 Å². The van der Waals surface area contributed by atoms with Gasteiger partial charge in [0.2, 0.25) is 0 Å². The predicted octanol–water partition coefficient (Wildman–Crippen LogP) is 1.35. The Morgan fingerprint density at radius 2 is 2.07 bits per heavy atom. The van der Waals surface area contributed by atoms with Crippen LogP contribution in [0.15, 0.2) is 18.5 Å². The van der Waals surface area contributed by atoms with Gasteiger partial charge in [0.05, 0.1) is 16.8 Å². The first-order valence-electron chi connectivity index (χ1n) is 4.61. The topological polar surface area (TPSA) is 68.9 Å². The van der Waals surface area contributed by atoms with Crippen LogP contribution in [0.3, 0.4) is 0 Å². The minimum Gasteiger partial charge on any atom is -0.366 e. The van der Waals surface area contributed by atoms with Crippen LogP contribution in [-0.4, -0.2) is 15.9 Å². The highest BCUT2D eigenvalue weighted by Gasteiger charge is 2.09. The van der Waals surface area contributed by atoms with Crippen molar-refractivity contribution in [2.45, 2.75) is 13.8 Å². The van der Waals surface area contributed by atoms with Crippen LogP contribution >= 0.6 is 0 Å². The van der Waals surface area contributed by atoms with Crippen LogP contribution in [0, 0.1) is 13.8 Å². The molecule has 15 heavy (non-hydrogen) atoms. The Morgan fingerprint density at radius 1 is 1.33 bits per heavy atom. The molecule has 2 aromatic heterocycles. The van der Waals surface area contributed by atoms with E-state index in [1.54, 1.807) is 25.4 Å². The Morgan fingerprint density at radius 3 is 2.73 bits per heavy atom. The van der Waals surface area contributed by atoms with Crippen LogP contribution in [0.2, 0.25) is 0 Å². The van der Waals surface area contributed by atoms with E-state index in [0.29, 0.717) is 11.3 Å². The van der Waals surface area contributed by atoms with Crippen molar-refractivity contribution in [1.82, 2.24) is 9.97 Å². The summed E-state index contributed by atoms with van der Waals surface area (Å²) in [4.78, 5) is 19.5. The summed E-state index contributed by atoms with van der Waals surface area (Å²) in [6.07, 6.45) is 3.43. The minimum atomic E-state index is -0.455. The monoisotopic (exact) mass is 201 g/mol. The number of rotatable bonds is 1. The van der Waals surface area contributed by atoms with Crippen LogP contribution < -0.4 is 5.73 Å². The van der Waals surface area contributed by atoms with E-state index in [-0.39, 0.29) is 0 Å². The van der Waals surface area contributed by atoms with Gasteiger partial charge < -0.3 is 5.73 Å². The fraction of sp³-hybridized carbons (Fsp3) is 0.182. The number of primary amides is 1. The third kappa shape index (κ3) is 1.54. The molecule has 2 aromatic rings. The van der Waals surface area contributed by atoms with Crippen LogP contribution in [0.1, 0.15) is 21.6 Å². The van der Waals surface area contributed by atoms with Crippen molar-refractivity contribution < 1.29 is 4.79 Å². The van der Waals surface area contributed by atoms with Gasteiger partial charge in [0.15, 0.2) is 0 Å². The van der Waals surface area contributed by atoms with Crippen LogP contribution in [-0.2, 0) is 0 Å². The summed E-state index contributed by atoms with van der Waals surface area (Å²) in [6.45, 7) is 3.71. The van der Waals surface area contributed by atoms with E-state index < -0.39 is 5.91 Å². The fourth-order valence-electron chi connectivity index (χ4n) is 1.57. The molecular weight excluding hydrogens is 190 g/mol. The van der Waals surface area contributed by atoms with Gasteiger partial charge in [-0.2, -0.15) is 0 Å². The van der Waals surface area contributed by atoms with Gasteiger partial charge in [-0.3, -0.25) is 14.8 Å². The Bertz CT molecular complexity index is 549. The van der Waals surface area contributed by atoms with Crippen molar-refractivity contribution in [2.75, 3.05) is 0 Å². The first kappa shape index (κ1) is 9.58. The van der Waals surface area contributed by atoms with E-state index in [0.717, 1.165) is 16.5 Å².